The second-order valence-electron chi connectivity index (χ2n) is 8.38. The third kappa shape index (κ3) is 4.11. The lowest BCUT2D eigenvalue weighted by Crippen LogP contribution is -2.44. The van der Waals surface area contributed by atoms with Crippen LogP contribution in [0, 0.1) is 6.92 Å². The highest BCUT2D eigenvalue weighted by atomic mass is 32.2. The third-order valence-corrected chi connectivity index (χ3v) is 7.23. The van der Waals surface area contributed by atoms with Crippen molar-refractivity contribution in [3.8, 4) is 11.4 Å². The monoisotopic (exact) mass is 462 g/mol. The topological polar surface area (TPSA) is 76.5 Å². The van der Waals surface area contributed by atoms with Crippen LogP contribution in [-0.2, 0) is 17.6 Å². The van der Waals surface area contributed by atoms with Crippen molar-refractivity contribution in [2.24, 2.45) is 0 Å². The van der Waals surface area contributed by atoms with Crippen molar-refractivity contribution in [2.75, 3.05) is 24.1 Å². The number of anilines is 1. The summed E-state index contributed by atoms with van der Waals surface area (Å²) >= 11 is 1.59. The molecule has 33 heavy (non-hydrogen) atoms. The molecule has 8 heteroatoms. The molecule has 2 aliphatic rings. The number of benzene rings is 2. The predicted octanol–water partition coefficient (Wildman–Crippen LogP) is 3.83. The molecule has 1 aliphatic carbocycles. The highest BCUT2D eigenvalue weighted by molar-refractivity contribution is 7.99. The molecular weight excluding hydrogens is 436 g/mol. The molecule has 0 saturated carbocycles. The van der Waals surface area contributed by atoms with E-state index >= 15 is 0 Å². The van der Waals surface area contributed by atoms with E-state index in [1.54, 1.807) is 48.0 Å². The van der Waals surface area contributed by atoms with Crippen molar-refractivity contribution in [3.05, 3.63) is 71.0 Å². The number of fused-ring (bicyclic) bond motifs is 1. The number of nitrogens with zero attached hydrogens (tertiary/aromatic N) is 3. The van der Waals surface area contributed by atoms with Crippen LogP contribution >= 0.6 is 11.8 Å². The lowest BCUT2D eigenvalue weighted by molar-refractivity contribution is -0.119. The van der Waals surface area contributed by atoms with E-state index in [9.17, 15) is 9.59 Å². The Labute approximate surface area is 197 Å². The molecule has 1 N–H and O–H groups in total. The molecule has 1 saturated heterocycles. The third-order valence-electron chi connectivity index (χ3n) is 6.21. The highest BCUT2D eigenvalue weighted by Crippen LogP contribution is 2.31. The van der Waals surface area contributed by atoms with Gasteiger partial charge in [-0.2, -0.15) is 5.10 Å². The number of rotatable bonds is 5. The summed E-state index contributed by atoms with van der Waals surface area (Å²) in [4.78, 5) is 28.3. The summed E-state index contributed by atoms with van der Waals surface area (Å²) < 4.78 is 7.08. The maximum absolute atomic E-state index is 13.6. The number of hydrogen-bond donors (Lipinski definition) is 1. The van der Waals surface area contributed by atoms with E-state index in [-0.39, 0.29) is 11.8 Å². The van der Waals surface area contributed by atoms with Crippen molar-refractivity contribution in [1.29, 1.82) is 0 Å². The van der Waals surface area contributed by atoms with Crippen molar-refractivity contribution in [2.45, 2.75) is 32.2 Å². The van der Waals surface area contributed by atoms with Gasteiger partial charge >= 0.3 is 0 Å². The van der Waals surface area contributed by atoms with E-state index in [1.807, 2.05) is 16.8 Å². The van der Waals surface area contributed by atoms with Crippen LogP contribution in [0.1, 0.15) is 33.7 Å². The van der Waals surface area contributed by atoms with E-state index in [4.69, 9.17) is 9.84 Å². The maximum Gasteiger partial charge on any atom is 0.276 e. The summed E-state index contributed by atoms with van der Waals surface area (Å²) in [7, 11) is 1.60. The number of amides is 2. The molecule has 7 nitrogen and oxygen atoms in total. The molecule has 2 aromatic carbocycles. The van der Waals surface area contributed by atoms with Gasteiger partial charge in [0, 0.05) is 22.7 Å². The normalized spacial score (nSPS) is 17.2. The molecule has 1 atom stereocenters. The summed E-state index contributed by atoms with van der Waals surface area (Å²) in [6, 6.07) is 14.8. The van der Waals surface area contributed by atoms with Gasteiger partial charge in [-0.15, -0.1) is 11.8 Å². The Morgan fingerprint density at radius 3 is 2.58 bits per heavy atom. The number of aromatic nitrogens is 2. The van der Waals surface area contributed by atoms with Gasteiger partial charge in [-0.05, 0) is 62.6 Å². The minimum atomic E-state index is -0.536. The Morgan fingerprint density at radius 2 is 1.85 bits per heavy atom. The first-order chi connectivity index (χ1) is 16.0. The Kier molecular flexibility index (Phi) is 5.85. The number of carbonyl (C=O) groups is 2. The van der Waals surface area contributed by atoms with Crippen LogP contribution in [0.5, 0.6) is 5.75 Å². The average molecular weight is 463 g/mol. The SMILES string of the molecule is COc1ccc(NC(=O)C2CSCN2C(=O)c2nn(-c3ccc(C)cc3)c3c2CCC3)cc1. The largest absolute Gasteiger partial charge is 0.497 e. The van der Waals surface area contributed by atoms with Gasteiger partial charge < -0.3 is 15.0 Å². The fraction of sp³-hybridized carbons (Fsp3) is 0.320. The smallest absolute Gasteiger partial charge is 0.276 e. The molecule has 1 unspecified atom stereocenters. The van der Waals surface area contributed by atoms with Gasteiger partial charge in [0.05, 0.1) is 18.7 Å². The van der Waals surface area contributed by atoms with Crippen molar-refractivity contribution in [1.82, 2.24) is 14.7 Å². The van der Waals surface area contributed by atoms with E-state index < -0.39 is 6.04 Å². The summed E-state index contributed by atoms with van der Waals surface area (Å²) in [6.07, 6.45) is 2.75. The summed E-state index contributed by atoms with van der Waals surface area (Å²) in [5, 5.41) is 7.68. The zero-order valence-electron chi connectivity index (χ0n) is 18.7. The standard InChI is InChI=1S/C25H26N4O3S/c1-16-6-10-18(11-7-16)29-21-5-3-4-20(21)23(27-29)25(31)28-15-33-14-22(28)24(30)26-17-8-12-19(32-2)13-9-17/h6-13,22H,3-5,14-15H2,1-2H3,(H,26,30). The van der Waals surface area contributed by atoms with E-state index in [2.05, 4.69) is 24.4 Å². The molecule has 170 valence electrons. The molecule has 1 aromatic heterocycles. The number of nitrogens with one attached hydrogen (secondary N) is 1. The molecule has 0 radical (unpaired) electrons. The number of ether oxygens (including phenoxy) is 1. The average Bonchev–Trinajstić information content (AvgIpc) is 3.56. The van der Waals surface area contributed by atoms with Gasteiger partial charge in [0.25, 0.3) is 5.91 Å². The number of hydrogen-bond acceptors (Lipinski definition) is 5. The van der Waals surface area contributed by atoms with Crippen molar-refractivity contribution in [3.63, 3.8) is 0 Å². The van der Waals surface area contributed by atoms with Gasteiger partial charge in [-0.3, -0.25) is 9.59 Å². The molecule has 2 heterocycles. The van der Waals surface area contributed by atoms with Gasteiger partial charge in [0.15, 0.2) is 5.69 Å². The van der Waals surface area contributed by atoms with Crippen LogP contribution in [-0.4, -0.2) is 51.3 Å². The highest BCUT2D eigenvalue weighted by Gasteiger charge is 2.38. The van der Waals surface area contributed by atoms with Crippen LogP contribution in [0.25, 0.3) is 5.69 Å². The van der Waals surface area contributed by atoms with E-state index in [0.717, 1.165) is 42.0 Å². The summed E-state index contributed by atoms with van der Waals surface area (Å²) in [5.41, 5.74) is 5.42. The molecule has 5 rings (SSSR count). The second-order valence-corrected chi connectivity index (χ2v) is 9.38. The van der Waals surface area contributed by atoms with E-state index in [1.165, 1.54) is 5.56 Å². The Hall–Kier alpha value is -3.26. The van der Waals surface area contributed by atoms with Crippen LogP contribution in [0.3, 0.4) is 0 Å². The molecular formula is C25H26N4O3S. The maximum atomic E-state index is 13.6. The van der Waals surface area contributed by atoms with Crippen molar-refractivity contribution < 1.29 is 14.3 Å². The Morgan fingerprint density at radius 1 is 1.09 bits per heavy atom. The molecule has 1 fully saturated rings. The molecule has 0 bridgehead atoms. The lowest BCUT2D eigenvalue weighted by atomic mass is 10.1. The van der Waals surface area contributed by atoms with Crippen LogP contribution in [0.2, 0.25) is 0 Å². The van der Waals surface area contributed by atoms with Gasteiger partial charge in [0.1, 0.15) is 11.8 Å². The minimum absolute atomic E-state index is 0.168. The van der Waals surface area contributed by atoms with Crippen molar-refractivity contribution >= 4 is 29.3 Å². The number of aryl methyl sites for hydroxylation is 1. The van der Waals surface area contributed by atoms with Crippen LogP contribution in [0.15, 0.2) is 48.5 Å². The summed E-state index contributed by atoms with van der Waals surface area (Å²) in [6.45, 7) is 2.05. The first-order valence-electron chi connectivity index (χ1n) is 11.1. The number of thioether (sulfide) groups is 1. The predicted molar refractivity (Wildman–Crippen MR) is 129 cm³/mol. The van der Waals surface area contributed by atoms with Gasteiger partial charge in [-0.1, -0.05) is 17.7 Å². The minimum Gasteiger partial charge on any atom is -0.497 e. The molecule has 1 aliphatic heterocycles. The molecule has 3 aromatic rings. The number of methoxy groups -OCH3 is 1. The Balaban J connectivity index is 1.39. The second kappa shape index (κ2) is 8.94. The zero-order chi connectivity index (χ0) is 22.9. The summed E-state index contributed by atoms with van der Waals surface area (Å²) in [5.74, 6) is 1.41. The first kappa shape index (κ1) is 21.6. The van der Waals surface area contributed by atoms with Crippen LogP contribution in [0.4, 0.5) is 5.69 Å². The van der Waals surface area contributed by atoms with Gasteiger partial charge in [0.2, 0.25) is 5.91 Å². The first-order valence-corrected chi connectivity index (χ1v) is 12.2. The fourth-order valence-electron chi connectivity index (χ4n) is 4.40. The quantitative estimate of drug-likeness (QED) is 0.624. The van der Waals surface area contributed by atoms with E-state index in [0.29, 0.717) is 23.0 Å². The Bertz CT molecular complexity index is 1190. The molecule has 2 amide bonds. The lowest BCUT2D eigenvalue weighted by Gasteiger charge is -2.22. The van der Waals surface area contributed by atoms with Crippen LogP contribution < -0.4 is 10.1 Å². The molecule has 0 spiro atoms. The zero-order valence-corrected chi connectivity index (χ0v) is 19.5. The number of carbonyl (C=O) groups excluding carboxylic acids is 2. The van der Waals surface area contributed by atoms with Gasteiger partial charge in [-0.25, -0.2) is 4.68 Å². The fourth-order valence-corrected chi connectivity index (χ4v) is 5.56.